The van der Waals surface area contributed by atoms with Crippen LogP contribution in [0, 0.1) is 0 Å². The van der Waals surface area contributed by atoms with Gasteiger partial charge >= 0.3 is 0 Å². The zero-order valence-electron chi connectivity index (χ0n) is 11.4. The second-order valence-corrected chi connectivity index (χ2v) is 6.13. The molecule has 0 bridgehead atoms. The van der Waals surface area contributed by atoms with Crippen LogP contribution in [0.15, 0.2) is 5.38 Å². The molecule has 0 amide bonds. The minimum Gasteiger partial charge on any atom is -0.348 e. The largest absolute Gasteiger partial charge is 0.348 e. The van der Waals surface area contributed by atoms with Crippen molar-refractivity contribution < 1.29 is 0 Å². The van der Waals surface area contributed by atoms with Crippen LogP contribution in [0.4, 0.5) is 5.13 Å². The average molecular weight is 273 g/mol. The fraction of sp³-hybridized carbons (Fsp3) is 0.750. The Kier molecular flexibility index (Phi) is 6.30. The van der Waals surface area contributed by atoms with Gasteiger partial charge in [0.05, 0.1) is 5.69 Å². The molecule has 1 N–H and O–H groups in total. The van der Waals surface area contributed by atoms with Gasteiger partial charge in [-0.3, -0.25) is 0 Å². The number of hydrogen-bond acceptors (Lipinski definition) is 5. The maximum absolute atomic E-state index is 4.69. The molecule has 98 valence electrons. The van der Waals surface area contributed by atoms with Gasteiger partial charge in [0.25, 0.3) is 0 Å². The van der Waals surface area contributed by atoms with E-state index in [9.17, 15) is 0 Å². The number of nitrogens with zero attached hydrogens (tertiary/aromatic N) is 2. The normalized spacial score (nSPS) is 14.6. The highest BCUT2D eigenvalue weighted by atomic mass is 32.2. The molecule has 5 heteroatoms. The molecule has 0 saturated carbocycles. The first kappa shape index (κ1) is 14.8. The fourth-order valence-electron chi connectivity index (χ4n) is 1.46. The van der Waals surface area contributed by atoms with E-state index in [1.54, 1.807) is 11.3 Å². The van der Waals surface area contributed by atoms with Crippen LogP contribution >= 0.6 is 23.1 Å². The first-order valence-electron chi connectivity index (χ1n) is 5.94. The van der Waals surface area contributed by atoms with E-state index in [4.69, 9.17) is 0 Å². The SMILES string of the molecule is CNC(C)c1csc(N(C)C(C)CCSC)n1. The van der Waals surface area contributed by atoms with Gasteiger partial charge in [-0.25, -0.2) is 4.98 Å². The van der Waals surface area contributed by atoms with Gasteiger partial charge in [-0.15, -0.1) is 11.3 Å². The third-order valence-electron chi connectivity index (χ3n) is 3.09. The Labute approximate surface area is 113 Å². The van der Waals surface area contributed by atoms with Crippen molar-refractivity contribution in [2.45, 2.75) is 32.4 Å². The maximum atomic E-state index is 4.69. The van der Waals surface area contributed by atoms with Gasteiger partial charge in [0.1, 0.15) is 0 Å². The molecule has 0 saturated heterocycles. The molecule has 0 aliphatic carbocycles. The zero-order chi connectivity index (χ0) is 12.8. The minimum absolute atomic E-state index is 0.329. The van der Waals surface area contributed by atoms with E-state index in [0.29, 0.717) is 12.1 Å². The van der Waals surface area contributed by atoms with Gasteiger partial charge in [0, 0.05) is 24.5 Å². The van der Waals surface area contributed by atoms with Gasteiger partial charge in [0.15, 0.2) is 5.13 Å². The number of thiazole rings is 1. The van der Waals surface area contributed by atoms with Crippen molar-refractivity contribution in [1.29, 1.82) is 0 Å². The summed E-state index contributed by atoms with van der Waals surface area (Å²) in [7, 11) is 4.10. The summed E-state index contributed by atoms with van der Waals surface area (Å²) in [5, 5.41) is 6.49. The minimum atomic E-state index is 0.329. The van der Waals surface area contributed by atoms with E-state index in [2.05, 4.69) is 47.7 Å². The molecule has 0 radical (unpaired) electrons. The van der Waals surface area contributed by atoms with Crippen LogP contribution in [0.3, 0.4) is 0 Å². The van der Waals surface area contributed by atoms with Crippen LogP contribution in [0.2, 0.25) is 0 Å². The van der Waals surface area contributed by atoms with Gasteiger partial charge < -0.3 is 10.2 Å². The van der Waals surface area contributed by atoms with E-state index in [1.165, 1.54) is 12.2 Å². The summed E-state index contributed by atoms with van der Waals surface area (Å²) in [5.41, 5.74) is 1.14. The number of anilines is 1. The number of rotatable bonds is 7. The molecular weight excluding hydrogens is 250 g/mol. The average Bonchev–Trinajstić information content (AvgIpc) is 2.83. The highest BCUT2D eigenvalue weighted by Gasteiger charge is 2.15. The van der Waals surface area contributed by atoms with Crippen molar-refractivity contribution in [3.8, 4) is 0 Å². The van der Waals surface area contributed by atoms with Gasteiger partial charge in [-0.05, 0) is 39.3 Å². The Bertz CT molecular complexity index is 327. The lowest BCUT2D eigenvalue weighted by molar-refractivity contribution is 0.630. The molecule has 0 aromatic carbocycles. The highest BCUT2D eigenvalue weighted by molar-refractivity contribution is 7.98. The van der Waals surface area contributed by atoms with Crippen LogP contribution in [0.25, 0.3) is 0 Å². The summed E-state index contributed by atoms with van der Waals surface area (Å²) in [5.74, 6) is 1.21. The maximum Gasteiger partial charge on any atom is 0.185 e. The predicted molar refractivity (Wildman–Crippen MR) is 80.5 cm³/mol. The molecule has 3 nitrogen and oxygen atoms in total. The van der Waals surface area contributed by atoms with Crippen molar-refractivity contribution >= 4 is 28.2 Å². The number of thioether (sulfide) groups is 1. The van der Waals surface area contributed by atoms with E-state index >= 15 is 0 Å². The predicted octanol–water partition coefficient (Wildman–Crippen LogP) is 3.00. The second-order valence-electron chi connectivity index (χ2n) is 4.31. The van der Waals surface area contributed by atoms with Crippen LogP contribution < -0.4 is 10.2 Å². The topological polar surface area (TPSA) is 28.2 Å². The quantitative estimate of drug-likeness (QED) is 0.826. The first-order valence-corrected chi connectivity index (χ1v) is 8.22. The van der Waals surface area contributed by atoms with Crippen LogP contribution in [-0.2, 0) is 0 Å². The van der Waals surface area contributed by atoms with Crippen molar-refractivity contribution in [1.82, 2.24) is 10.3 Å². The fourth-order valence-corrected chi connectivity index (χ4v) is 3.02. The zero-order valence-corrected chi connectivity index (χ0v) is 13.0. The van der Waals surface area contributed by atoms with E-state index < -0.39 is 0 Å². The Morgan fingerprint density at radius 2 is 2.24 bits per heavy atom. The molecule has 1 aromatic rings. The lowest BCUT2D eigenvalue weighted by Gasteiger charge is -2.24. The smallest absolute Gasteiger partial charge is 0.185 e. The molecule has 2 unspecified atom stereocenters. The summed E-state index contributed by atoms with van der Waals surface area (Å²) < 4.78 is 0. The Morgan fingerprint density at radius 3 is 2.82 bits per heavy atom. The lowest BCUT2D eigenvalue weighted by atomic mass is 10.2. The van der Waals surface area contributed by atoms with Crippen molar-refractivity contribution in [2.75, 3.05) is 31.0 Å². The summed E-state index contributed by atoms with van der Waals surface area (Å²) >= 11 is 3.63. The van der Waals surface area contributed by atoms with Crippen LogP contribution in [-0.4, -0.2) is 37.1 Å². The lowest BCUT2D eigenvalue weighted by Crippen LogP contribution is -2.29. The van der Waals surface area contributed by atoms with Crippen LogP contribution in [0.1, 0.15) is 32.0 Å². The third kappa shape index (κ3) is 4.16. The van der Waals surface area contributed by atoms with Gasteiger partial charge in [-0.2, -0.15) is 11.8 Å². The van der Waals surface area contributed by atoms with Crippen LogP contribution in [0.5, 0.6) is 0 Å². The standard InChI is InChI=1S/C12H23N3S2/c1-9(6-7-16-5)15(4)12-14-11(8-17-12)10(2)13-3/h8-10,13H,6-7H2,1-5H3. The van der Waals surface area contributed by atoms with E-state index in [-0.39, 0.29) is 0 Å². The number of nitrogens with one attached hydrogen (secondary N) is 1. The molecule has 2 atom stereocenters. The summed E-state index contributed by atoms with van der Waals surface area (Å²) in [6.45, 7) is 4.40. The molecule has 1 aromatic heterocycles. The molecule has 0 aliphatic heterocycles. The Balaban J connectivity index is 2.62. The summed E-state index contributed by atoms with van der Waals surface area (Å²) in [6.07, 6.45) is 3.36. The third-order valence-corrected chi connectivity index (χ3v) is 4.68. The number of hydrogen-bond donors (Lipinski definition) is 1. The molecule has 1 heterocycles. The first-order chi connectivity index (χ1) is 8.10. The molecular formula is C12H23N3S2. The molecule has 0 spiro atoms. The molecule has 1 rings (SSSR count). The van der Waals surface area contributed by atoms with Gasteiger partial charge in [0.2, 0.25) is 0 Å². The Hall–Kier alpha value is -0.260. The molecule has 0 aliphatic rings. The summed E-state index contributed by atoms with van der Waals surface area (Å²) in [4.78, 5) is 6.97. The van der Waals surface area contributed by atoms with E-state index in [0.717, 1.165) is 10.8 Å². The van der Waals surface area contributed by atoms with Crippen molar-refractivity contribution in [2.24, 2.45) is 0 Å². The van der Waals surface area contributed by atoms with Crippen molar-refractivity contribution in [3.05, 3.63) is 11.1 Å². The monoisotopic (exact) mass is 273 g/mol. The van der Waals surface area contributed by atoms with Crippen molar-refractivity contribution in [3.63, 3.8) is 0 Å². The number of aromatic nitrogens is 1. The summed E-state index contributed by atoms with van der Waals surface area (Å²) in [6, 6.07) is 0.876. The Morgan fingerprint density at radius 1 is 1.53 bits per heavy atom. The highest BCUT2D eigenvalue weighted by Crippen LogP contribution is 2.25. The van der Waals surface area contributed by atoms with Gasteiger partial charge in [-0.1, -0.05) is 0 Å². The second kappa shape index (κ2) is 7.24. The molecule has 0 fully saturated rings. The van der Waals surface area contributed by atoms with E-state index in [1.807, 2.05) is 18.8 Å². The molecule has 17 heavy (non-hydrogen) atoms.